The summed E-state index contributed by atoms with van der Waals surface area (Å²) >= 11 is 0. The first-order valence-electron chi connectivity index (χ1n) is 44.8. The lowest BCUT2D eigenvalue weighted by Crippen LogP contribution is -2.39. The summed E-state index contributed by atoms with van der Waals surface area (Å²) in [7, 11) is 0. The molecule has 113 heavy (non-hydrogen) atoms. The molecular weight excluding hydrogens is 1390 g/mol. The number of aliphatic imine (C=N–C) groups is 2. The van der Waals surface area contributed by atoms with Crippen molar-refractivity contribution in [3.63, 3.8) is 0 Å². The molecule has 6 aromatic rings. The van der Waals surface area contributed by atoms with Crippen LogP contribution in [0.25, 0.3) is 6.08 Å². The minimum absolute atomic E-state index is 0.0431. The first kappa shape index (κ1) is 95.0. The fraction of sp³-hybridized carbons (Fsp3) is 0.612. The Bertz CT molecular complexity index is 3650. The van der Waals surface area contributed by atoms with Crippen molar-refractivity contribution in [2.24, 2.45) is 9.98 Å². The maximum absolute atomic E-state index is 14.9. The predicted octanol–water partition coefficient (Wildman–Crippen LogP) is 28.2. The Kier molecular flexibility index (Phi) is 39.8. The van der Waals surface area contributed by atoms with Gasteiger partial charge in [0.05, 0.1) is 38.5 Å². The molecule has 0 spiro atoms. The third-order valence-electron chi connectivity index (χ3n) is 22.9. The molecule has 0 saturated carbocycles. The van der Waals surface area contributed by atoms with E-state index < -0.39 is 23.3 Å². The summed E-state index contributed by atoms with van der Waals surface area (Å²) in [5.41, 5.74) is 5.24. The monoisotopic (exact) mass is 1550 g/mol. The maximum atomic E-state index is 14.9. The molecule has 0 bridgehead atoms. The van der Waals surface area contributed by atoms with E-state index in [1.807, 2.05) is 38.1 Å². The van der Waals surface area contributed by atoms with E-state index >= 15 is 0 Å². The van der Waals surface area contributed by atoms with Gasteiger partial charge in [0.15, 0.2) is 0 Å². The molecule has 0 fully saturated rings. The smallest absolute Gasteiger partial charge is 0.144 e. The van der Waals surface area contributed by atoms with Crippen LogP contribution in [-0.4, -0.2) is 66.3 Å². The minimum Gasteiger partial charge on any atom is -0.507 e. The first-order valence-corrected chi connectivity index (χ1v) is 44.8. The van der Waals surface area contributed by atoms with Gasteiger partial charge in [0.25, 0.3) is 0 Å². The minimum atomic E-state index is -1.88. The highest BCUT2D eigenvalue weighted by atomic mass is 16.5. The number of aromatic hydroxyl groups is 1. The molecular formula is C103H156N2O8. The Hall–Kier alpha value is -6.88. The van der Waals surface area contributed by atoms with Crippen LogP contribution in [0.1, 0.15) is 397 Å². The zero-order valence-corrected chi connectivity index (χ0v) is 74.6. The molecule has 2 atom stereocenters. The summed E-state index contributed by atoms with van der Waals surface area (Å²) < 4.78 is 35.1. The van der Waals surface area contributed by atoms with Crippen LogP contribution in [0.3, 0.4) is 0 Å². The second-order valence-corrected chi connectivity index (χ2v) is 36.7. The molecule has 0 heterocycles. The van der Waals surface area contributed by atoms with E-state index in [-0.39, 0.29) is 34.0 Å². The topological polar surface area (TPSA) is 132 Å². The van der Waals surface area contributed by atoms with Crippen LogP contribution in [0.2, 0.25) is 0 Å². The van der Waals surface area contributed by atoms with Gasteiger partial charge in [0.2, 0.25) is 0 Å². The predicted molar refractivity (Wildman–Crippen MR) is 482 cm³/mol. The summed E-state index contributed by atoms with van der Waals surface area (Å²) in [5.74, 6) is 2.91. The maximum Gasteiger partial charge on any atom is 0.144 e. The molecule has 0 unspecified atom stereocenters. The Morgan fingerprint density at radius 3 is 0.947 bits per heavy atom. The average molecular weight is 1550 g/mol. The van der Waals surface area contributed by atoms with Gasteiger partial charge in [-0.2, -0.15) is 0 Å². The van der Waals surface area contributed by atoms with Crippen LogP contribution in [0.15, 0.2) is 120 Å². The number of hydrogen-bond acceptors (Lipinski definition) is 10. The highest BCUT2D eigenvalue weighted by Gasteiger charge is 2.46. The summed E-state index contributed by atoms with van der Waals surface area (Å²) in [5, 5.41) is 43.4. The third-order valence-corrected chi connectivity index (χ3v) is 22.9. The van der Waals surface area contributed by atoms with E-state index in [0.29, 0.717) is 95.0 Å². The molecule has 0 radical (unpaired) electrons. The zero-order chi connectivity index (χ0) is 82.7. The number of phenols is 1. The van der Waals surface area contributed by atoms with Crippen molar-refractivity contribution in [1.82, 2.24) is 0 Å². The van der Waals surface area contributed by atoms with Gasteiger partial charge in [-0.1, -0.05) is 339 Å². The van der Waals surface area contributed by atoms with Gasteiger partial charge in [0.1, 0.15) is 52.3 Å². The van der Waals surface area contributed by atoms with Crippen LogP contribution < -0.4 is 23.7 Å². The second-order valence-electron chi connectivity index (χ2n) is 36.7. The number of nitrogens with zero attached hydrogens (tertiary/aromatic N) is 2. The number of aliphatic hydroxyl groups is 2. The number of benzene rings is 6. The van der Waals surface area contributed by atoms with Crippen LogP contribution >= 0.6 is 0 Å². The second kappa shape index (κ2) is 47.4. The molecule has 626 valence electrons. The van der Waals surface area contributed by atoms with Crippen molar-refractivity contribution in [2.45, 2.75) is 382 Å². The lowest BCUT2D eigenvalue weighted by Gasteiger charge is -2.37. The van der Waals surface area contributed by atoms with Crippen molar-refractivity contribution in [2.75, 3.05) is 26.4 Å². The highest BCUT2D eigenvalue weighted by Crippen LogP contribution is 2.50. The lowest BCUT2D eigenvalue weighted by atomic mass is 9.75. The van der Waals surface area contributed by atoms with Crippen LogP contribution in [0.5, 0.6) is 34.5 Å². The molecule has 0 saturated heterocycles. The van der Waals surface area contributed by atoms with E-state index in [0.717, 1.165) is 148 Å². The zero-order valence-electron chi connectivity index (χ0n) is 74.6. The number of phenolic OH excluding ortho intramolecular Hbond substituents is 1. The molecule has 3 N–H and O–H groups in total. The molecule has 0 aromatic heterocycles. The number of rotatable bonds is 53. The van der Waals surface area contributed by atoms with Gasteiger partial charge in [0, 0.05) is 51.4 Å². The molecule has 0 aliphatic carbocycles. The van der Waals surface area contributed by atoms with Crippen LogP contribution in [0.4, 0.5) is 0 Å². The van der Waals surface area contributed by atoms with Gasteiger partial charge < -0.3 is 39.0 Å². The molecule has 0 aliphatic heterocycles. The summed E-state index contributed by atoms with van der Waals surface area (Å²) in [6, 6.07) is 33.7. The SMILES string of the molecule is C=Cc1ccc(COc2cc(C=N[C@H](C)C(O)(c3cc(C(C)(C)C)ccc3OCCCCCCCC)c3cc(C(C)(C)C)ccc3OCCCCCCCC)c(O)c(C=N[C@H](C)C(O)(c3cc(C(C)(C)C)ccc3OCCCCCCCC)c3cc(C(C)(C)C)ccc3OCCCCCCCC)c2CCCCCCCC)cc1. The van der Waals surface area contributed by atoms with Crippen LogP contribution in [0, 0.1) is 0 Å². The largest absolute Gasteiger partial charge is 0.507 e. The summed E-state index contributed by atoms with van der Waals surface area (Å²) in [6.45, 7) is 47.9. The number of unbranched alkanes of at least 4 members (excludes halogenated alkanes) is 25. The van der Waals surface area contributed by atoms with Gasteiger partial charge in [-0.05, 0) is 162 Å². The van der Waals surface area contributed by atoms with Crippen molar-refractivity contribution in [3.05, 3.63) is 182 Å². The van der Waals surface area contributed by atoms with Gasteiger partial charge in [-0.15, -0.1) is 0 Å². The van der Waals surface area contributed by atoms with E-state index in [9.17, 15) is 15.3 Å². The van der Waals surface area contributed by atoms with Crippen molar-refractivity contribution >= 4 is 18.5 Å². The highest BCUT2D eigenvalue weighted by molar-refractivity contribution is 5.95. The van der Waals surface area contributed by atoms with E-state index in [1.165, 1.54) is 83.5 Å². The molecule has 6 rings (SSSR count). The van der Waals surface area contributed by atoms with Crippen molar-refractivity contribution < 1.29 is 39.0 Å². The number of hydrogen-bond donors (Lipinski definition) is 3. The van der Waals surface area contributed by atoms with E-state index in [1.54, 1.807) is 12.4 Å². The molecule has 10 nitrogen and oxygen atoms in total. The first-order chi connectivity index (χ1) is 53.9. The fourth-order valence-corrected chi connectivity index (χ4v) is 15.1. The Morgan fingerprint density at radius 1 is 0.354 bits per heavy atom. The van der Waals surface area contributed by atoms with Crippen molar-refractivity contribution in [3.8, 4) is 34.5 Å². The van der Waals surface area contributed by atoms with Gasteiger partial charge in [-0.25, -0.2) is 0 Å². The molecule has 6 aromatic carbocycles. The van der Waals surface area contributed by atoms with E-state index in [4.69, 9.17) is 33.7 Å². The number of ether oxygens (including phenoxy) is 5. The molecule has 0 aliphatic rings. The standard InChI is InChI=1S/C103H156N2O8/c1-21-27-32-37-42-47-52-86-87(75-105-78(8)103(108,90-72-84(100(15,16)17)59-63-94(90)111-67-50-45-40-35-30-24-4)91-73-85(101(18,19)20)60-64-95(91)112-68-51-46-41-36-31-25-5)97(106)81(69-96(86)113-76-80-55-53-79(26-6)54-56-80)74-104-77(7)102(107,88-70-82(98(9,10)11)57-61-92(88)109-65-48-43-38-33-28-22-2)89-71-83(99(12,13)14)58-62-93(89)110-66-49-44-39-34-29-23-3/h26,53-64,69-75,77-78,106-108H,6,21-25,27-52,65-68,76H2,1-5,7-20H3/t77-,78-/m1/s1. The Labute approximate surface area is 688 Å². The van der Waals surface area contributed by atoms with Gasteiger partial charge in [-0.3, -0.25) is 9.98 Å². The normalized spacial score (nSPS) is 13.1. The molecule has 0 amide bonds. The van der Waals surface area contributed by atoms with Crippen LogP contribution in [-0.2, 0) is 45.9 Å². The average Bonchev–Trinajstić information content (AvgIpc) is 0.738. The Morgan fingerprint density at radius 2 is 0.646 bits per heavy atom. The quantitative estimate of drug-likeness (QED) is 0.0254. The van der Waals surface area contributed by atoms with E-state index in [2.05, 4.69) is 209 Å². The summed E-state index contributed by atoms with van der Waals surface area (Å²) in [6.07, 6.45) is 38.9. The Balaban J connectivity index is 1.71. The third kappa shape index (κ3) is 29.1. The van der Waals surface area contributed by atoms with Crippen molar-refractivity contribution in [1.29, 1.82) is 0 Å². The summed E-state index contributed by atoms with van der Waals surface area (Å²) in [4.78, 5) is 11.2. The fourth-order valence-electron chi connectivity index (χ4n) is 15.1. The lowest BCUT2D eigenvalue weighted by molar-refractivity contribution is 0.0516. The van der Waals surface area contributed by atoms with Gasteiger partial charge >= 0.3 is 0 Å². The molecule has 10 heteroatoms.